The molecule has 130 valence electrons. The van der Waals surface area contributed by atoms with E-state index >= 15 is 0 Å². The summed E-state index contributed by atoms with van der Waals surface area (Å²) in [4.78, 5) is 10.8. The lowest BCUT2D eigenvalue weighted by Gasteiger charge is -2.18. The minimum Gasteiger partial charge on any atom is -0.504 e. The van der Waals surface area contributed by atoms with Crippen LogP contribution in [0.15, 0.2) is 0 Å². The summed E-state index contributed by atoms with van der Waals surface area (Å²) in [6.07, 6.45) is 5.80. The Labute approximate surface area is 147 Å². The largest absolute Gasteiger partial charge is 0.511 e. The first-order valence-corrected chi connectivity index (χ1v) is 8.81. The second kappa shape index (κ2) is 9.89. The number of phenolic OH excluding ortho intramolecular Hbond substituents is 1. The van der Waals surface area contributed by atoms with Crippen LogP contribution in [0, 0.1) is 0 Å². The van der Waals surface area contributed by atoms with Crippen LogP contribution in [-0.2, 0) is 12.8 Å². The molecular weight excluding hydrogens is 339 g/mol. The molecule has 0 aliphatic heterocycles. The molecule has 0 heterocycles. The van der Waals surface area contributed by atoms with Gasteiger partial charge in [0.1, 0.15) is 5.02 Å². The maximum Gasteiger partial charge on any atom is 0.511 e. The highest BCUT2D eigenvalue weighted by Crippen LogP contribution is 2.46. The van der Waals surface area contributed by atoms with E-state index in [1.807, 2.05) is 0 Å². The number of halogens is 2. The van der Waals surface area contributed by atoms with Gasteiger partial charge < -0.3 is 14.9 Å². The van der Waals surface area contributed by atoms with Crippen molar-refractivity contribution in [2.24, 2.45) is 0 Å². The van der Waals surface area contributed by atoms with Crippen LogP contribution < -0.4 is 4.74 Å². The van der Waals surface area contributed by atoms with Crippen LogP contribution in [0.5, 0.6) is 11.5 Å². The maximum absolute atomic E-state index is 10.8. The standard InChI is InChI=1S/C17H24Cl2O4/c1-3-5-7-9-11-12(10-8-6-4-2)15(20)16(23-17(21)22)14(19)13(11)18/h20H,3-10H2,1-2H3,(H,21,22). The van der Waals surface area contributed by atoms with Gasteiger partial charge in [-0.05, 0) is 31.2 Å². The molecule has 6 heteroatoms. The lowest BCUT2D eigenvalue weighted by Crippen LogP contribution is -2.07. The molecule has 4 nitrogen and oxygen atoms in total. The summed E-state index contributed by atoms with van der Waals surface area (Å²) in [7, 11) is 0. The normalized spacial score (nSPS) is 10.8. The Morgan fingerprint density at radius 2 is 1.48 bits per heavy atom. The van der Waals surface area contributed by atoms with Crippen molar-refractivity contribution in [3.8, 4) is 11.5 Å². The first-order valence-electron chi connectivity index (χ1n) is 8.06. The van der Waals surface area contributed by atoms with E-state index in [0.29, 0.717) is 18.4 Å². The monoisotopic (exact) mass is 362 g/mol. The van der Waals surface area contributed by atoms with Gasteiger partial charge in [-0.25, -0.2) is 4.79 Å². The molecule has 0 amide bonds. The van der Waals surface area contributed by atoms with E-state index in [2.05, 4.69) is 18.6 Å². The Bertz CT molecular complexity index is 544. The van der Waals surface area contributed by atoms with Crippen molar-refractivity contribution in [2.45, 2.75) is 65.2 Å². The number of benzene rings is 1. The average molecular weight is 363 g/mol. The molecule has 0 fully saturated rings. The van der Waals surface area contributed by atoms with Crippen molar-refractivity contribution < 1.29 is 19.7 Å². The number of carbonyl (C=O) groups is 1. The molecule has 1 rings (SSSR count). The zero-order valence-electron chi connectivity index (χ0n) is 13.6. The van der Waals surface area contributed by atoms with Crippen LogP contribution in [0.2, 0.25) is 10.0 Å². The van der Waals surface area contributed by atoms with Gasteiger partial charge in [0.05, 0.1) is 5.02 Å². The highest BCUT2D eigenvalue weighted by Gasteiger charge is 2.24. The topological polar surface area (TPSA) is 66.8 Å². The Morgan fingerprint density at radius 3 is 1.96 bits per heavy atom. The van der Waals surface area contributed by atoms with Crippen LogP contribution >= 0.6 is 23.2 Å². The van der Waals surface area contributed by atoms with Crippen molar-refractivity contribution in [3.05, 3.63) is 21.2 Å². The summed E-state index contributed by atoms with van der Waals surface area (Å²) in [6.45, 7) is 4.20. The second-order valence-corrected chi connectivity index (χ2v) is 6.30. The van der Waals surface area contributed by atoms with E-state index in [1.165, 1.54) is 0 Å². The molecule has 2 N–H and O–H groups in total. The molecule has 0 aromatic heterocycles. The summed E-state index contributed by atoms with van der Waals surface area (Å²) in [6, 6.07) is 0. The molecule has 0 bridgehead atoms. The zero-order chi connectivity index (χ0) is 17.4. The number of unbranched alkanes of at least 4 members (excludes halogenated alkanes) is 4. The van der Waals surface area contributed by atoms with Gasteiger partial charge in [0.15, 0.2) is 11.5 Å². The number of aromatic hydroxyl groups is 1. The first-order chi connectivity index (χ1) is 10.9. The second-order valence-electron chi connectivity index (χ2n) is 5.54. The van der Waals surface area contributed by atoms with E-state index in [-0.39, 0.29) is 21.5 Å². The fourth-order valence-electron chi connectivity index (χ4n) is 2.56. The number of carboxylic acid groups (broad SMARTS) is 1. The van der Waals surface area contributed by atoms with Crippen LogP contribution in [-0.4, -0.2) is 16.4 Å². The van der Waals surface area contributed by atoms with Crippen molar-refractivity contribution in [3.63, 3.8) is 0 Å². The van der Waals surface area contributed by atoms with Gasteiger partial charge in [0, 0.05) is 5.56 Å². The summed E-state index contributed by atoms with van der Waals surface area (Å²) in [5.74, 6) is -0.473. The molecular formula is C17H24Cl2O4. The van der Waals surface area contributed by atoms with Crippen LogP contribution in [0.4, 0.5) is 4.79 Å². The van der Waals surface area contributed by atoms with E-state index in [0.717, 1.165) is 44.1 Å². The van der Waals surface area contributed by atoms with Crippen molar-refractivity contribution in [1.82, 2.24) is 0 Å². The molecule has 0 unspecified atom stereocenters. The molecule has 1 aromatic carbocycles. The maximum atomic E-state index is 10.8. The number of ether oxygens (including phenoxy) is 1. The quantitative estimate of drug-likeness (QED) is 0.310. The highest BCUT2D eigenvalue weighted by atomic mass is 35.5. The van der Waals surface area contributed by atoms with E-state index in [1.54, 1.807) is 0 Å². The van der Waals surface area contributed by atoms with Gasteiger partial charge in [-0.3, -0.25) is 0 Å². The van der Waals surface area contributed by atoms with Gasteiger partial charge in [0.2, 0.25) is 0 Å². The van der Waals surface area contributed by atoms with Gasteiger partial charge in [0.25, 0.3) is 0 Å². The van der Waals surface area contributed by atoms with E-state index in [4.69, 9.17) is 28.3 Å². The predicted molar refractivity (Wildman–Crippen MR) is 93.2 cm³/mol. The molecule has 0 saturated carbocycles. The third-order valence-electron chi connectivity index (χ3n) is 3.77. The van der Waals surface area contributed by atoms with Crippen LogP contribution in [0.1, 0.15) is 63.5 Å². The van der Waals surface area contributed by atoms with Gasteiger partial charge in [-0.2, -0.15) is 0 Å². The fourth-order valence-corrected chi connectivity index (χ4v) is 3.10. The molecule has 23 heavy (non-hydrogen) atoms. The fraction of sp³-hybridized carbons (Fsp3) is 0.588. The van der Waals surface area contributed by atoms with Gasteiger partial charge in [-0.1, -0.05) is 62.7 Å². The zero-order valence-corrected chi connectivity index (χ0v) is 15.1. The molecule has 0 radical (unpaired) electrons. The lowest BCUT2D eigenvalue weighted by molar-refractivity contribution is 0.143. The molecule has 1 aromatic rings. The number of hydrogen-bond donors (Lipinski definition) is 2. The van der Waals surface area contributed by atoms with Gasteiger partial charge in [-0.15, -0.1) is 0 Å². The predicted octanol–water partition coefficient (Wildman–Crippen LogP) is 6.22. The summed E-state index contributed by atoms with van der Waals surface area (Å²) in [5, 5.41) is 19.5. The molecule has 0 spiro atoms. The Kier molecular flexibility index (Phi) is 8.56. The van der Waals surface area contributed by atoms with Crippen molar-refractivity contribution >= 4 is 29.4 Å². The molecule has 0 aliphatic carbocycles. The minimum absolute atomic E-state index is 0.0442. The Balaban J connectivity index is 3.26. The summed E-state index contributed by atoms with van der Waals surface area (Å²) < 4.78 is 4.63. The lowest BCUT2D eigenvalue weighted by atomic mass is 9.95. The summed E-state index contributed by atoms with van der Waals surface area (Å²) in [5.41, 5.74) is 1.46. The van der Waals surface area contributed by atoms with Gasteiger partial charge >= 0.3 is 6.16 Å². The van der Waals surface area contributed by atoms with Crippen LogP contribution in [0.3, 0.4) is 0 Å². The first kappa shape index (κ1) is 19.9. The highest BCUT2D eigenvalue weighted by molar-refractivity contribution is 6.43. The van der Waals surface area contributed by atoms with E-state index in [9.17, 15) is 9.90 Å². The average Bonchev–Trinajstić information content (AvgIpc) is 2.51. The Hall–Kier alpha value is -1.13. The molecule has 0 atom stereocenters. The van der Waals surface area contributed by atoms with Crippen molar-refractivity contribution in [2.75, 3.05) is 0 Å². The molecule has 0 saturated heterocycles. The number of hydrogen-bond acceptors (Lipinski definition) is 3. The number of rotatable bonds is 9. The Morgan fingerprint density at radius 1 is 0.957 bits per heavy atom. The van der Waals surface area contributed by atoms with Crippen LogP contribution in [0.25, 0.3) is 0 Å². The third-order valence-corrected chi connectivity index (χ3v) is 4.65. The molecule has 0 aliphatic rings. The van der Waals surface area contributed by atoms with E-state index < -0.39 is 6.16 Å². The minimum atomic E-state index is -1.53. The third kappa shape index (κ3) is 5.47. The number of phenols is 1. The SMILES string of the molecule is CCCCCc1c(O)c(OC(=O)O)c(Cl)c(Cl)c1CCCCC. The smallest absolute Gasteiger partial charge is 0.504 e. The summed E-state index contributed by atoms with van der Waals surface area (Å²) >= 11 is 12.4. The van der Waals surface area contributed by atoms with Crippen molar-refractivity contribution in [1.29, 1.82) is 0 Å².